The lowest BCUT2D eigenvalue weighted by Crippen LogP contribution is -2.48. The minimum Gasteiger partial charge on any atom is -0.493 e. The topological polar surface area (TPSA) is 72.9 Å². The summed E-state index contributed by atoms with van der Waals surface area (Å²) in [4.78, 5) is 39.2. The van der Waals surface area contributed by atoms with Gasteiger partial charge in [-0.3, -0.25) is 14.4 Å². The molecule has 1 aromatic rings. The molecule has 0 saturated heterocycles. The Morgan fingerprint density at radius 2 is 1.73 bits per heavy atom. The van der Waals surface area contributed by atoms with Crippen LogP contribution in [0.25, 0.3) is 0 Å². The molecule has 1 atom stereocenters. The molecule has 0 unspecified atom stereocenters. The number of Topliss-reactive ketones (excluding diaryl/α,β-unsaturated/α-hetero) is 2. The van der Waals surface area contributed by atoms with Crippen LogP contribution in [0.15, 0.2) is 12.1 Å². The summed E-state index contributed by atoms with van der Waals surface area (Å²) >= 11 is 5.79. The van der Waals surface area contributed by atoms with Gasteiger partial charge in [0.25, 0.3) is 0 Å². The van der Waals surface area contributed by atoms with Crippen molar-refractivity contribution in [2.75, 3.05) is 26.6 Å². The van der Waals surface area contributed by atoms with E-state index >= 15 is 0 Å². The van der Waals surface area contributed by atoms with E-state index in [-0.39, 0.29) is 23.4 Å². The monoisotopic (exact) mass is 379 g/mol. The van der Waals surface area contributed by atoms with Crippen LogP contribution in [-0.2, 0) is 20.8 Å². The molecular formula is C19H22ClNO5. The lowest BCUT2D eigenvalue weighted by molar-refractivity contribution is -0.142. The molecule has 0 bridgehead atoms. The number of rotatable bonds is 4. The molecule has 1 amide bonds. The summed E-state index contributed by atoms with van der Waals surface area (Å²) in [5, 5.41) is 0. The quantitative estimate of drug-likeness (QED) is 0.593. The highest BCUT2D eigenvalue weighted by molar-refractivity contribution is 6.27. The maximum atomic E-state index is 12.6. The first-order valence-electron chi connectivity index (χ1n) is 8.67. The zero-order chi connectivity index (χ0) is 18.8. The van der Waals surface area contributed by atoms with Crippen molar-refractivity contribution < 1.29 is 23.9 Å². The molecule has 6 nitrogen and oxygen atoms in total. The zero-order valence-corrected chi connectivity index (χ0v) is 15.7. The SMILES string of the molecule is COc1cc2c(cc1OC)[C@H](C1C(=O)CCCC1=O)N(C(=O)CCl)CC2. The van der Waals surface area contributed by atoms with E-state index in [2.05, 4.69) is 0 Å². The lowest BCUT2D eigenvalue weighted by Gasteiger charge is -2.41. The average molecular weight is 380 g/mol. The van der Waals surface area contributed by atoms with Gasteiger partial charge in [0.1, 0.15) is 23.4 Å². The summed E-state index contributed by atoms with van der Waals surface area (Å²) in [7, 11) is 3.09. The number of benzene rings is 1. The molecule has 0 aromatic heterocycles. The van der Waals surface area contributed by atoms with Crippen LogP contribution in [0.3, 0.4) is 0 Å². The molecule has 1 aliphatic heterocycles. The largest absolute Gasteiger partial charge is 0.493 e. The normalized spacial score (nSPS) is 20.7. The molecule has 3 rings (SSSR count). The van der Waals surface area contributed by atoms with E-state index in [9.17, 15) is 14.4 Å². The molecule has 1 saturated carbocycles. The Kier molecular flexibility index (Phi) is 5.51. The van der Waals surface area contributed by atoms with E-state index in [0.29, 0.717) is 43.7 Å². The second-order valence-electron chi connectivity index (χ2n) is 6.59. The number of ketones is 2. The maximum Gasteiger partial charge on any atom is 0.238 e. The van der Waals surface area contributed by atoms with Gasteiger partial charge in [0.05, 0.1) is 20.3 Å². The van der Waals surface area contributed by atoms with Crippen LogP contribution < -0.4 is 9.47 Å². The maximum absolute atomic E-state index is 12.6. The van der Waals surface area contributed by atoms with Gasteiger partial charge in [-0.1, -0.05) is 0 Å². The van der Waals surface area contributed by atoms with E-state index in [1.165, 1.54) is 7.11 Å². The Labute approximate surface area is 157 Å². The highest BCUT2D eigenvalue weighted by atomic mass is 35.5. The van der Waals surface area contributed by atoms with Crippen LogP contribution in [0, 0.1) is 5.92 Å². The molecule has 1 fully saturated rings. The fourth-order valence-corrected chi connectivity index (χ4v) is 4.13. The number of nitrogens with zero attached hydrogens (tertiary/aromatic N) is 1. The molecule has 7 heteroatoms. The van der Waals surface area contributed by atoms with Gasteiger partial charge in [0.2, 0.25) is 5.91 Å². The molecule has 0 spiro atoms. The third-order valence-corrected chi connectivity index (χ3v) is 5.44. The summed E-state index contributed by atoms with van der Waals surface area (Å²) in [5.41, 5.74) is 1.72. The molecular weight excluding hydrogens is 358 g/mol. The minimum atomic E-state index is -0.840. The van der Waals surface area contributed by atoms with Crippen LogP contribution in [0.1, 0.15) is 36.4 Å². The number of ether oxygens (including phenoxy) is 2. The van der Waals surface area contributed by atoms with Gasteiger partial charge in [0, 0.05) is 19.4 Å². The first-order valence-corrected chi connectivity index (χ1v) is 9.21. The fourth-order valence-electron chi connectivity index (χ4n) is 3.97. The first-order chi connectivity index (χ1) is 12.5. The molecule has 0 N–H and O–H groups in total. The Morgan fingerprint density at radius 3 is 2.31 bits per heavy atom. The van der Waals surface area contributed by atoms with Crippen molar-refractivity contribution in [3.8, 4) is 11.5 Å². The first kappa shape index (κ1) is 18.7. The summed E-state index contributed by atoms with van der Waals surface area (Å²) in [6.07, 6.45) is 1.89. The number of hydrogen-bond donors (Lipinski definition) is 0. The van der Waals surface area contributed by atoms with Crippen molar-refractivity contribution in [1.82, 2.24) is 4.90 Å². The Balaban J connectivity index is 2.14. The average Bonchev–Trinajstić information content (AvgIpc) is 2.66. The van der Waals surface area contributed by atoms with Crippen molar-refractivity contribution >= 4 is 29.1 Å². The van der Waals surface area contributed by atoms with Gasteiger partial charge < -0.3 is 14.4 Å². The van der Waals surface area contributed by atoms with Gasteiger partial charge in [-0.15, -0.1) is 11.6 Å². The second kappa shape index (κ2) is 7.66. The number of halogens is 1. The van der Waals surface area contributed by atoms with Crippen molar-refractivity contribution in [1.29, 1.82) is 0 Å². The third-order valence-electron chi connectivity index (χ3n) is 5.21. The number of alkyl halides is 1. The van der Waals surface area contributed by atoms with E-state index in [4.69, 9.17) is 21.1 Å². The zero-order valence-electron chi connectivity index (χ0n) is 14.9. The van der Waals surface area contributed by atoms with Gasteiger partial charge in [-0.05, 0) is 36.1 Å². The lowest BCUT2D eigenvalue weighted by atomic mass is 9.75. The van der Waals surface area contributed by atoms with E-state index < -0.39 is 12.0 Å². The van der Waals surface area contributed by atoms with E-state index in [1.54, 1.807) is 18.1 Å². The van der Waals surface area contributed by atoms with Gasteiger partial charge >= 0.3 is 0 Å². The molecule has 1 heterocycles. The number of hydrogen-bond acceptors (Lipinski definition) is 5. The fraction of sp³-hybridized carbons (Fsp3) is 0.526. The molecule has 0 radical (unpaired) electrons. The van der Waals surface area contributed by atoms with Crippen LogP contribution in [0.5, 0.6) is 11.5 Å². The molecule has 1 aliphatic carbocycles. The van der Waals surface area contributed by atoms with Gasteiger partial charge in [0.15, 0.2) is 11.5 Å². The molecule has 140 valence electrons. The van der Waals surface area contributed by atoms with Gasteiger partial charge in [-0.2, -0.15) is 0 Å². The highest BCUT2D eigenvalue weighted by Gasteiger charge is 2.44. The molecule has 2 aliphatic rings. The minimum absolute atomic E-state index is 0.110. The molecule has 26 heavy (non-hydrogen) atoms. The predicted molar refractivity (Wildman–Crippen MR) is 95.8 cm³/mol. The molecule has 1 aromatic carbocycles. The smallest absolute Gasteiger partial charge is 0.238 e. The second-order valence-corrected chi connectivity index (χ2v) is 6.85. The van der Waals surface area contributed by atoms with Crippen LogP contribution in [-0.4, -0.2) is 49.0 Å². The van der Waals surface area contributed by atoms with Crippen LogP contribution in [0.2, 0.25) is 0 Å². The number of carbonyl (C=O) groups excluding carboxylic acids is 3. The summed E-state index contributed by atoms with van der Waals surface area (Å²) in [6.45, 7) is 0.412. The number of fused-ring (bicyclic) bond motifs is 1. The van der Waals surface area contributed by atoms with Crippen molar-refractivity contribution in [3.05, 3.63) is 23.3 Å². The van der Waals surface area contributed by atoms with E-state index in [1.807, 2.05) is 6.07 Å². The number of methoxy groups -OCH3 is 2. The standard InChI is InChI=1S/C19H22ClNO5/c1-25-15-8-11-6-7-21(17(24)10-20)19(12(11)9-16(15)26-2)18-13(22)4-3-5-14(18)23/h8-9,18-19H,3-7,10H2,1-2H3/t19-/m1/s1. The Hall–Kier alpha value is -2.08. The van der Waals surface area contributed by atoms with Crippen LogP contribution in [0.4, 0.5) is 0 Å². The van der Waals surface area contributed by atoms with Crippen molar-refractivity contribution in [2.45, 2.75) is 31.7 Å². The summed E-state index contributed by atoms with van der Waals surface area (Å²) < 4.78 is 10.7. The summed E-state index contributed by atoms with van der Waals surface area (Å²) in [5.74, 6) is -0.428. The summed E-state index contributed by atoms with van der Waals surface area (Å²) in [6, 6.07) is 3.01. The third kappa shape index (κ3) is 3.18. The van der Waals surface area contributed by atoms with Crippen molar-refractivity contribution in [2.24, 2.45) is 5.92 Å². The van der Waals surface area contributed by atoms with Gasteiger partial charge in [-0.25, -0.2) is 0 Å². The number of carbonyl (C=O) groups is 3. The number of amides is 1. The Morgan fingerprint density at radius 1 is 1.12 bits per heavy atom. The van der Waals surface area contributed by atoms with Crippen LogP contribution >= 0.6 is 11.6 Å². The highest BCUT2D eigenvalue weighted by Crippen LogP contribution is 2.43. The van der Waals surface area contributed by atoms with E-state index in [0.717, 1.165) is 11.1 Å². The van der Waals surface area contributed by atoms with Crippen molar-refractivity contribution in [3.63, 3.8) is 0 Å². The predicted octanol–water partition coefficient (Wildman–Crippen LogP) is 2.31. The Bertz CT molecular complexity index is 732.